The molecule has 72 valence electrons. The van der Waals surface area contributed by atoms with Crippen molar-refractivity contribution in [2.75, 3.05) is 6.61 Å². The van der Waals surface area contributed by atoms with Crippen LogP contribution in [0.1, 0.15) is 0 Å². The minimum absolute atomic E-state index is 0.652. The lowest BCUT2D eigenvalue weighted by Crippen LogP contribution is -2.39. The third-order valence-electron chi connectivity index (χ3n) is 1.80. The number of hydrogen-bond donors (Lipinski definition) is 4. The molecule has 0 aromatic carbocycles. The second-order valence-electron chi connectivity index (χ2n) is 2.68. The fourth-order valence-electron chi connectivity index (χ4n) is 1.09. The van der Waals surface area contributed by atoms with E-state index in [-0.39, 0.29) is 0 Å². The Morgan fingerprint density at radius 1 is 1.42 bits per heavy atom. The summed E-state index contributed by atoms with van der Waals surface area (Å²) in [6, 6.07) is 0. The summed E-state index contributed by atoms with van der Waals surface area (Å²) in [5.41, 5.74) is 0. The summed E-state index contributed by atoms with van der Waals surface area (Å²) in [4.78, 5) is 0. The molecule has 1 heterocycles. The Bertz CT molecular complexity index is 155. The molecule has 1 fully saturated rings. The fraction of sp³-hybridized carbons (Fsp3) is 1.00. The lowest BCUT2D eigenvalue weighted by atomic mass is 10.1. The maximum absolute atomic E-state index is 12.6. The molecule has 0 bridgehead atoms. The first-order valence-corrected chi connectivity index (χ1v) is 3.52. The van der Waals surface area contributed by atoms with Crippen LogP contribution in [0.25, 0.3) is 0 Å². The van der Waals surface area contributed by atoms with E-state index in [0.717, 1.165) is 0 Å². The van der Waals surface area contributed by atoms with E-state index in [4.69, 9.17) is 20.4 Å². The Kier molecular flexibility index (Phi) is 2.97. The van der Waals surface area contributed by atoms with Crippen molar-refractivity contribution < 1.29 is 29.6 Å². The minimum atomic E-state index is -1.93. The Morgan fingerprint density at radius 2 is 2.00 bits per heavy atom. The first-order chi connectivity index (χ1) is 5.57. The Labute approximate surface area is 68.0 Å². The lowest BCUT2D eigenvalue weighted by molar-refractivity contribution is -0.143. The number of aliphatic hydroxyl groups is 4. The number of hydrogen-bond acceptors (Lipinski definition) is 5. The van der Waals surface area contributed by atoms with E-state index in [1.54, 1.807) is 0 Å². The summed E-state index contributed by atoms with van der Waals surface area (Å²) in [6.45, 7) is -0.652. The average molecular weight is 182 g/mol. The van der Waals surface area contributed by atoms with Gasteiger partial charge in [0.2, 0.25) is 0 Å². The van der Waals surface area contributed by atoms with Crippen LogP contribution in [-0.2, 0) is 4.74 Å². The third-order valence-corrected chi connectivity index (χ3v) is 1.80. The Balaban J connectivity index is 2.58. The molecule has 5 atom stereocenters. The van der Waals surface area contributed by atoms with E-state index in [9.17, 15) is 4.39 Å². The van der Waals surface area contributed by atoms with Gasteiger partial charge in [0.25, 0.3) is 0 Å². The molecule has 0 spiro atoms. The summed E-state index contributed by atoms with van der Waals surface area (Å²) in [7, 11) is 0. The molecule has 0 radical (unpaired) electrons. The highest BCUT2D eigenvalue weighted by Gasteiger charge is 2.46. The van der Waals surface area contributed by atoms with Crippen molar-refractivity contribution in [3.8, 4) is 0 Å². The summed E-state index contributed by atoms with van der Waals surface area (Å²) in [5.74, 6) is 0. The van der Waals surface area contributed by atoms with Crippen LogP contribution in [-0.4, -0.2) is 57.8 Å². The molecule has 5 nitrogen and oxygen atoms in total. The summed E-state index contributed by atoms with van der Waals surface area (Å²) in [5, 5.41) is 35.1. The zero-order valence-corrected chi connectivity index (χ0v) is 6.17. The smallest absolute Gasteiger partial charge is 0.189 e. The molecule has 12 heavy (non-hydrogen) atoms. The van der Waals surface area contributed by atoms with Crippen molar-refractivity contribution in [1.29, 1.82) is 0 Å². The Hall–Kier alpha value is -0.270. The number of rotatable bonds is 2. The van der Waals surface area contributed by atoms with Crippen molar-refractivity contribution in [3.05, 3.63) is 0 Å². The summed E-state index contributed by atoms with van der Waals surface area (Å²) >= 11 is 0. The molecule has 0 aromatic rings. The highest BCUT2D eigenvalue weighted by Crippen LogP contribution is 2.24. The van der Waals surface area contributed by atoms with Crippen LogP contribution in [0.15, 0.2) is 0 Å². The maximum Gasteiger partial charge on any atom is 0.189 e. The van der Waals surface area contributed by atoms with Crippen molar-refractivity contribution in [3.63, 3.8) is 0 Å². The van der Waals surface area contributed by atoms with E-state index in [1.807, 2.05) is 0 Å². The monoisotopic (exact) mass is 182 g/mol. The molecule has 1 saturated heterocycles. The number of halogens is 1. The van der Waals surface area contributed by atoms with Crippen molar-refractivity contribution >= 4 is 0 Å². The quantitative estimate of drug-likeness (QED) is 0.387. The van der Waals surface area contributed by atoms with Gasteiger partial charge in [0, 0.05) is 0 Å². The zero-order chi connectivity index (χ0) is 9.30. The number of aliphatic hydroxyl groups excluding tert-OH is 4. The Morgan fingerprint density at radius 3 is 2.33 bits per heavy atom. The number of alkyl halides is 1. The normalized spacial score (nSPS) is 44.8. The highest BCUT2D eigenvalue weighted by molar-refractivity contribution is 4.89. The van der Waals surface area contributed by atoms with Crippen LogP contribution >= 0.6 is 0 Å². The topological polar surface area (TPSA) is 90.2 Å². The van der Waals surface area contributed by atoms with Gasteiger partial charge in [0.05, 0.1) is 6.61 Å². The third kappa shape index (κ3) is 1.57. The average Bonchev–Trinajstić information content (AvgIpc) is 2.32. The van der Waals surface area contributed by atoms with Crippen molar-refractivity contribution in [1.82, 2.24) is 0 Å². The van der Waals surface area contributed by atoms with Crippen LogP contribution < -0.4 is 0 Å². The fourth-order valence-corrected chi connectivity index (χ4v) is 1.09. The molecule has 0 aliphatic carbocycles. The molecule has 1 rings (SSSR count). The first-order valence-electron chi connectivity index (χ1n) is 3.52. The first kappa shape index (κ1) is 9.82. The van der Waals surface area contributed by atoms with E-state index in [0.29, 0.717) is 0 Å². The van der Waals surface area contributed by atoms with Gasteiger partial charge in [-0.3, -0.25) is 0 Å². The molecule has 0 unspecified atom stereocenters. The number of ether oxygens (including phenoxy) is 1. The van der Waals surface area contributed by atoms with E-state index in [1.165, 1.54) is 0 Å². The second kappa shape index (κ2) is 3.63. The van der Waals surface area contributed by atoms with Crippen LogP contribution in [0, 0.1) is 0 Å². The molecule has 0 saturated carbocycles. The van der Waals surface area contributed by atoms with Crippen molar-refractivity contribution in [2.45, 2.75) is 30.8 Å². The molecule has 0 amide bonds. The predicted molar refractivity (Wildman–Crippen MR) is 34.9 cm³/mol. The van der Waals surface area contributed by atoms with Gasteiger partial charge in [-0.05, 0) is 0 Å². The molecule has 6 heteroatoms. The molecule has 0 aromatic heterocycles. The van der Waals surface area contributed by atoms with Crippen LogP contribution in [0.4, 0.5) is 4.39 Å². The van der Waals surface area contributed by atoms with Gasteiger partial charge >= 0.3 is 0 Å². The van der Waals surface area contributed by atoms with Gasteiger partial charge in [0.15, 0.2) is 12.5 Å². The van der Waals surface area contributed by atoms with Gasteiger partial charge < -0.3 is 25.2 Å². The van der Waals surface area contributed by atoms with Gasteiger partial charge in [-0.15, -0.1) is 0 Å². The lowest BCUT2D eigenvalue weighted by Gasteiger charge is -2.17. The highest BCUT2D eigenvalue weighted by atomic mass is 19.1. The van der Waals surface area contributed by atoms with Gasteiger partial charge in [-0.1, -0.05) is 0 Å². The van der Waals surface area contributed by atoms with Crippen LogP contribution in [0.5, 0.6) is 0 Å². The SMILES string of the molecule is OC[C@@H](O)[C@H]1O[C@@H](O)[C@H](F)[C@H]1O. The molecule has 1 aliphatic rings. The second-order valence-corrected chi connectivity index (χ2v) is 2.68. The van der Waals surface area contributed by atoms with E-state index >= 15 is 0 Å². The molecule has 4 N–H and O–H groups in total. The summed E-state index contributed by atoms with van der Waals surface area (Å²) < 4.78 is 17.1. The van der Waals surface area contributed by atoms with Crippen molar-refractivity contribution in [2.24, 2.45) is 0 Å². The van der Waals surface area contributed by atoms with E-state index < -0.39 is 37.4 Å². The predicted octanol–water partition coefficient (Wildman–Crippen LogP) is -2.24. The van der Waals surface area contributed by atoms with Crippen LogP contribution in [0.3, 0.4) is 0 Å². The summed E-state index contributed by atoms with van der Waals surface area (Å²) in [6.07, 6.45) is -7.90. The van der Waals surface area contributed by atoms with Gasteiger partial charge in [-0.2, -0.15) is 0 Å². The molecule has 1 aliphatic heterocycles. The molecular formula is C6H11FO5. The van der Waals surface area contributed by atoms with Crippen LogP contribution in [0.2, 0.25) is 0 Å². The zero-order valence-electron chi connectivity index (χ0n) is 6.17. The standard InChI is InChI=1S/C6H11FO5/c7-3-4(10)5(2(9)1-8)12-6(3)11/h2-6,8-11H,1H2/t2-,3-,4-,5-,6-/m1/s1. The minimum Gasteiger partial charge on any atom is -0.394 e. The van der Waals surface area contributed by atoms with E-state index in [2.05, 4.69) is 4.74 Å². The van der Waals surface area contributed by atoms with Gasteiger partial charge in [-0.25, -0.2) is 4.39 Å². The maximum atomic E-state index is 12.6. The van der Waals surface area contributed by atoms with Gasteiger partial charge in [0.1, 0.15) is 18.3 Å². The largest absolute Gasteiger partial charge is 0.394 e. The molecular weight excluding hydrogens is 171 g/mol.